The Morgan fingerprint density at radius 3 is 2.71 bits per heavy atom. The van der Waals surface area contributed by atoms with Gasteiger partial charge < -0.3 is 5.32 Å². The number of para-hydroxylation sites is 2. The van der Waals surface area contributed by atoms with Crippen LogP contribution in [0, 0.1) is 0 Å². The number of hydrogen-bond donors (Lipinski definition) is 1. The Morgan fingerprint density at radius 1 is 1.25 bits per heavy atom. The maximum atomic E-state index is 12.8. The van der Waals surface area contributed by atoms with E-state index in [0.29, 0.717) is 22.6 Å². The molecule has 7 heteroatoms. The van der Waals surface area contributed by atoms with E-state index < -0.39 is 5.25 Å². The molecule has 0 saturated carbocycles. The van der Waals surface area contributed by atoms with Gasteiger partial charge in [0.15, 0.2) is 5.16 Å². The molecule has 0 aliphatic carbocycles. The SMILES string of the molecule is C=CCn1c(SC(C)C(=O)Nc2ccccc2SC)nc2ccccc2c1=O. The molecular formula is C21H21N3O2S2. The van der Waals surface area contributed by atoms with Crippen LogP contribution in [0.25, 0.3) is 10.9 Å². The van der Waals surface area contributed by atoms with Crippen LogP contribution in [-0.2, 0) is 11.3 Å². The predicted octanol–water partition coefficient (Wildman–Crippen LogP) is 4.42. The van der Waals surface area contributed by atoms with Crippen LogP contribution in [0.15, 0.2) is 76.0 Å². The molecule has 2 aromatic carbocycles. The minimum absolute atomic E-state index is 0.131. The van der Waals surface area contributed by atoms with Gasteiger partial charge in [0.25, 0.3) is 5.56 Å². The molecule has 0 aliphatic rings. The predicted molar refractivity (Wildman–Crippen MR) is 118 cm³/mol. The van der Waals surface area contributed by atoms with Crippen molar-refractivity contribution in [1.29, 1.82) is 0 Å². The molecule has 144 valence electrons. The molecule has 3 rings (SSSR count). The van der Waals surface area contributed by atoms with Crippen molar-refractivity contribution in [2.75, 3.05) is 11.6 Å². The zero-order chi connectivity index (χ0) is 20.1. The fourth-order valence-corrected chi connectivity index (χ4v) is 4.19. The largest absolute Gasteiger partial charge is 0.324 e. The van der Waals surface area contributed by atoms with Crippen molar-refractivity contribution < 1.29 is 4.79 Å². The first-order chi connectivity index (χ1) is 13.5. The molecule has 1 heterocycles. The Hall–Kier alpha value is -2.51. The van der Waals surface area contributed by atoms with Crippen molar-refractivity contribution in [3.63, 3.8) is 0 Å². The van der Waals surface area contributed by atoms with E-state index in [1.54, 1.807) is 41.5 Å². The summed E-state index contributed by atoms with van der Waals surface area (Å²) in [6, 6.07) is 14.9. The molecule has 5 nitrogen and oxygen atoms in total. The molecule has 1 amide bonds. The van der Waals surface area contributed by atoms with E-state index in [1.807, 2.05) is 42.7 Å². The number of amides is 1. The van der Waals surface area contributed by atoms with Crippen LogP contribution in [0.5, 0.6) is 0 Å². The lowest BCUT2D eigenvalue weighted by atomic mass is 10.2. The van der Waals surface area contributed by atoms with Gasteiger partial charge in [-0.05, 0) is 37.4 Å². The van der Waals surface area contributed by atoms with Crippen molar-refractivity contribution in [2.45, 2.75) is 28.8 Å². The maximum Gasteiger partial charge on any atom is 0.262 e. The standard InChI is InChI=1S/C21H21N3O2S2/c1-4-13-24-20(26)15-9-5-6-10-16(15)23-21(24)28-14(2)19(25)22-17-11-7-8-12-18(17)27-3/h4-12,14H,1,13H2,2-3H3,(H,22,25). The minimum atomic E-state index is -0.431. The van der Waals surface area contributed by atoms with Crippen LogP contribution in [0.1, 0.15) is 6.92 Å². The van der Waals surface area contributed by atoms with E-state index in [-0.39, 0.29) is 11.5 Å². The number of thioether (sulfide) groups is 2. The second-order valence-electron chi connectivity index (χ2n) is 6.07. The molecule has 0 radical (unpaired) electrons. The fraction of sp³-hybridized carbons (Fsp3) is 0.190. The number of nitrogens with one attached hydrogen (secondary N) is 1. The van der Waals surface area contributed by atoms with Crippen molar-refractivity contribution in [3.8, 4) is 0 Å². The molecular weight excluding hydrogens is 390 g/mol. The molecule has 1 N–H and O–H groups in total. The lowest BCUT2D eigenvalue weighted by molar-refractivity contribution is -0.115. The highest BCUT2D eigenvalue weighted by atomic mass is 32.2. The Bertz CT molecular complexity index is 1080. The highest BCUT2D eigenvalue weighted by molar-refractivity contribution is 8.00. The van der Waals surface area contributed by atoms with Gasteiger partial charge >= 0.3 is 0 Å². The smallest absolute Gasteiger partial charge is 0.262 e. The number of allylic oxidation sites excluding steroid dienone is 1. The monoisotopic (exact) mass is 411 g/mol. The summed E-state index contributed by atoms with van der Waals surface area (Å²) < 4.78 is 1.56. The van der Waals surface area contributed by atoms with Crippen LogP contribution in [0.2, 0.25) is 0 Å². The highest BCUT2D eigenvalue weighted by Crippen LogP contribution is 2.27. The van der Waals surface area contributed by atoms with Gasteiger partial charge in [-0.2, -0.15) is 0 Å². The van der Waals surface area contributed by atoms with Gasteiger partial charge in [0.1, 0.15) is 0 Å². The van der Waals surface area contributed by atoms with E-state index in [2.05, 4.69) is 16.9 Å². The number of nitrogens with zero attached hydrogens (tertiary/aromatic N) is 2. The summed E-state index contributed by atoms with van der Waals surface area (Å²) in [6.07, 6.45) is 3.62. The van der Waals surface area contributed by atoms with Crippen LogP contribution in [-0.4, -0.2) is 27.0 Å². The molecule has 1 aromatic heterocycles. The summed E-state index contributed by atoms with van der Waals surface area (Å²) in [5, 5.41) is 3.60. The van der Waals surface area contributed by atoms with Crippen molar-refractivity contribution in [2.24, 2.45) is 0 Å². The molecule has 0 aliphatic heterocycles. The average Bonchev–Trinajstić information content (AvgIpc) is 2.71. The van der Waals surface area contributed by atoms with Crippen LogP contribution in [0.3, 0.4) is 0 Å². The van der Waals surface area contributed by atoms with E-state index in [1.165, 1.54) is 11.8 Å². The minimum Gasteiger partial charge on any atom is -0.324 e. The highest BCUT2D eigenvalue weighted by Gasteiger charge is 2.20. The Labute approximate surface area is 172 Å². The Morgan fingerprint density at radius 2 is 1.96 bits per heavy atom. The molecule has 3 aromatic rings. The molecule has 1 unspecified atom stereocenters. The van der Waals surface area contributed by atoms with E-state index in [4.69, 9.17) is 0 Å². The number of rotatable bonds is 7. The van der Waals surface area contributed by atoms with Crippen molar-refractivity contribution >= 4 is 46.0 Å². The van der Waals surface area contributed by atoms with Gasteiger partial charge in [-0.25, -0.2) is 4.98 Å². The first-order valence-electron chi connectivity index (χ1n) is 8.76. The van der Waals surface area contributed by atoms with Gasteiger partial charge in [-0.1, -0.05) is 42.1 Å². The van der Waals surface area contributed by atoms with Crippen molar-refractivity contribution in [3.05, 3.63) is 71.5 Å². The summed E-state index contributed by atoms with van der Waals surface area (Å²) in [5.41, 5.74) is 1.27. The Balaban J connectivity index is 1.88. The number of anilines is 1. The van der Waals surface area contributed by atoms with E-state index in [9.17, 15) is 9.59 Å². The second kappa shape index (κ2) is 9.12. The third-order valence-electron chi connectivity index (χ3n) is 4.15. The number of hydrogen-bond acceptors (Lipinski definition) is 5. The Kier molecular flexibility index (Phi) is 6.59. The van der Waals surface area contributed by atoms with Crippen LogP contribution in [0.4, 0.5) is 5.69 Å². The van der Waals surface area contributed by atoms with E-state index in [0.717, 1.165) is 10.6 Å². The topological polar surface area (TPSA) is 64.0 Å². The van der Waals surface area contributed by atoms with Gasteiger partial charge in [0.05, 0.1) is 21.8 Å². The molecule has 0 saturated heterocycles. The summed E-state index contributed by atoms with van der Waals surface area (Å²) in [6.45, 7) is 5.87. The number of benzene rings is 2. The average molecular weight is 412 g/mol. The van der Waals surface area contributed by atoms with Gasteiger partial charge in [-0.15, -0.1) is 18.3 Å². The van der Waals surface area contributed by atoms with Crippen molar-refractivity contribution in [1.82, 2.24) is 9.55 Å². The summed E-state index contributed by atoms with van der Waals surface area (Å²) >= 11 is 2.84. The third kappa shape index (κ3) is 4.31. The normalized spacial score (nSPS) is 11.9. The van der Waals surface area contributed by atoms with Gasteiger partial charge in [-0.3, -0.25) is 14.2 Å². The zero-order valence-electron chi connectivity index (χ0n) is 15.7. The molecule has 28 heavy (non-hydrogen) atoms. The zero-order valence-corrected chi connectivity index (χ0v) is 17.3. The summed E-state index contributed by atoms with van der Waals surface area (Å²) in [7, 11) is 0. The lowest BCUT2D eigenvalue weighted by Gasteiger charge is -2.16. The molecule has 0 fully saturated rings. The number of fused-ring (bicyclic) bond motifs is 1. The quantitative estimate of drug-likeness (QED) is 0.354. The number of carbonyl (C=O) groups excluding carboxylic acids is 1. The second-order valence-corrected chi connectivity index (χ2v) is 8.22. The third-order valence-corrected chi connectivity index (χ3v) is 6.04. The first kappa shape index (κ1) is 20.2. The van der Waals surface area contributed by atoms with Gasteiger partial charge in [0.2, 0.25) is 5.91 Å². The van der Waals surface area contributed by atoms with Gasteiger partial charge in [0, 0.05) is 11.4 Å². The number of carbonyl (C=O) groups is 1. The lowest BCUT2D eigenvalue weighted by Crippen LogP contribution is -2.27. The fourth-order valence-electron chi connectivity index (χ4n) is 2.72. The van der Waals surface area contributed by atoms with Crippen LogP contribution < -0.4 is 10.9 Å². The maximum absolute atomic E-state index is 12.8. The molecule has 0 spiro atoms. The number of aromatic nitrogens is 2. The first-order valence-corrected chi connectivity index (χ1v) is 10.9. The molecule has 1 atom stereocenters. The summed E-state index contributed by atoms with van der Waals surface area (Å²) in [5.74, 6) is -0.140. The van der Waals surface area contributed by atoms with E-state index >= 15 is 0 Å². The molecule has 0 bridgehead atoms. The summed E-state index contributed by atoms with van der Waals surface area (Å²) in [4.78, 5) is 31.2. The van der Waals surface area contributed by atoms with Crippen LogP contribution >= 0.6 is 23.5 Å².